The molecule has 1 saturated heterocycles. The molecule has 2 heterocycles. The van der Waals surface area contributed by atoms with Crippen molar-refractivity contribution >= 4 is 15.9 Å². The van der Waals surface area contributed by atoms with Crippen LogP contribution in [0.5, 0.6) is 0 Å². The SMILES string of the molecule is CC1(C)OC[C@H](C(N=[N+]=[N-])c2ccc(Br)cn2)O1. The summed E-state index contributed by atoms with van der Waals surface area (Å²) in [6, 6.07) is 3.17. The average molecular weight is 313 g/mol. The van der Waals surface area contributed by atoms with Crippen LogP contribution in [0.1, 0.15) is 25.6 Å². The van der Waals surface area contributed by atoms with Crippen LogP contribution in [0.3, 0.4) is 0 Å². The molecule has 1 unspecified atom stereocenters. The van der Waals surface area contributed by atoms with Gasteiger partial charge in [0.1, 0.15) is 6.04 Å². The first-order chi connectivity index (χ1) is 8.52. The highest BCUT2D eigenvalue weighted by atomic mass is 79.9. The molecule has 0 amide bonds. The van der Waals surface area contributed by atoms with E-state index in [0.29, 0.717) is 12.3 Å². The number of halogens is 1. The van der Waals surface area contributed by atoms with Gasteiger partial charge in [0.15, 0.2) is 5.79 Å². The molecule has 1 fully saturated rings. The summed E-state index contributed by atoms with van der Waals surface area (Å²) in [6.07, 6.45) is 1.35. The van der Waals surface area contributed by atoms with Gasteiger partial charge in [-0.2, -0.15) is 0 Å². The molecular formula is C11H13BrN4O2. The van der Waals surface area contributed by atoms with Crippen LogP contribution in [0.4, 0.5) is 0 Å². The van der Waals surface area contributed by atoms with Crippen molar-refractivity contribution in [1.82, 2.24) is 4.98 Å². The second-order valence-electron chi connectivity index (χ2n) is 4.42. The zero-order valence-electron chi connectivity index (χ0n) is 10.1. The van der Waals surface area contributed by atoms with E-state index in [-0.39, 0.29) is 6.10 Å². The minimum atomic E-state index is -0.650. The van der Waals surface area contributed by atoms with Crippen LogP contribution in [-0.2, 0) is 9.47 Å². The number of rotatable bonds is 3. The normalized spacial score (nSPS) is 23.4. The van der Waals surface area contributed by atoms with E-state index in [1.54, 1.807) is 12.3 Å². The van der Waals surface area contributed by atoms with E-state index >= 15 is 0 Å². The molecule has 0 aromatic carbocycles. The van der Waals surface area contributed by atoms with E-state index in [2.05, 4.69) is 30.9 Å². The van der Waals surface area contributed by atoms with Gasteiger partial charge in [-0.1, -0.05) is 5.11 Å². The van der Waals surface area contributed by atoms with Crippen molar-refractivity contribution in [3.8, 4) is 0 Å². The fourth-order valence-corrected chi connectivity index (χ4v) is 2.05. The van der Waals surface area contributed by atoms with Crippen LogP contribution in [0.25, 0.3) is 10.4 Å². The molecule has 0 bridgehead atoms. The third-order valence-electron chi connectivity index (χ3n) is 2.61. The van der Waals surface area contributed by atoms with Crippen molar-refractivity contribution in [3.05, 3.63) is 38.9 Å². The minimum Gasteiger partial charge on any atom is -0.348 e. The Hall–Kier alpha value is -1.14. The quantitative estimate of drug-likeness (QED) is 0.487. The second-order valence-corrected chi connectivity index (χ2v) is 5.33. The molecule has 1 aromatic rings. The van der Waals surface area contributed by atoms with Gasteiger partial charge in [-0.05, 0) is 47.4 Å². The van der Waals surface area contributed by atoms with Crippen LogP contribution >= 0.6 is 15.9 Å². The molecule has 2 rings (SSSR count). The van der Waals surface area contributed by atoms with Gasteiger partial charge in [-0.15, -0.1) is 0 Å². The van der Waals surface area contributed by atoms with Crippen molar-refractivity contribution in [2.24, 2.45) is 5.11 Å². The van der Waals surface area contributed by atoms with Gasteiger partial charge in [-0.3, -0.25) is 4.98 Å². The lowest BCUT2D eigenvalue weighted by Gasteiger charge is -2.20. The first-order valence-electron chi connectivity index (χ1n) is 5.49. The second kappa shape index (κ2) is 5.24. The molecule has 2 atom stereocenters. The summed E-state index contributed by atoms with van der Waals surface area (Å²) < 4.78 is 12.1. The van der Waals surface area contributed by atoms with Crippen LogP contribution in [0, 0.1) is 0 Å². The maximum absolute atomic E-state index is 8.67. The number of nitrogens with zero attached hydrogens (tertiary/aromatic N) is 4. The molecule has 1 aliphatic rings. The smallest absolute Gasteiger partial charge is 0.163 e. The van der Waals surface area contributed by atoms with Gasteiger partial charge in [0.05, 0.1) is 18.4 Å². The van der Waals surface area contributed by atoms with Crippen molar-refractivity contribution in [2.75, 3.05) is 6.61 Å². The monoisotopic (exact) mass is 312 g/mol. The van der Waals surface area contributed by atoms with Gasteiger partial charge >= 0.3 is 0 Å². The fraction of sp³-hybridized carbons (Fsp3) is 0.545. The molecular weight excluding hydrogens is 300 g/mol. The Balaban J connectivity index is 2.24. The van der Waals surface area contributed by atoms with Crippen molar-refractivity contribution in [2.45, 2.75) is 31.8 Å². The first kappa shape index (κ1) is 13.3. The molecule has 0 spiro atoms. The minimum absolute atomic E-state index is 0.315. The predicted octanol–water partition coefficient (Wildman–Crippen LogP) is 3.35. The molecule has 6 nitrogen and oxygen atoms in total. The summed E-state index contributed by atoms with van der Waals surface area (Å²) in [5.41, 5.74) is 9.34. The van der Waals surface area contributed by atoms with Gasteiger partial charge in [0.2, 0.25) is 0 Å². The molecule has 1 aliphatic heterocycles. The highest BCUT2D eigenvalue weighted by Gasteiger charge is 2.38. The van der Waals surface area contributed by atoms with Crippen LogP contribution in [0.2, 0.25) is 0 Å². The molecule has 7 heteroatoms. The Bertz CT molecular complexity index is 470. The Kier molecular flexibility index (Phi) is 3.87. The van der Waals surface area contributed by atoms with E-state index < -0.39 is 11.8 Å². The highest BCUT2D eigenvalue weighted by Crippen LogP contribution is 2.32. The van der Waals surface area contributed by atoms with Crippen molar-refractivity contribution in [3.63, 3.8) is 0 Å². The van der Waals surface area contributed by atoms with Gasteiger partial charge < -0.3 is 9.47 Å². The van der Waals surface area contributed by atoms with E-state index in [9.17, 15) is 0 Å². The van der Waals surface area contributed by atoms with Crippen LogP contribution in [0.15, 0.2) is 27.9 Å². The summed E-state index contributed by atoms with van der Waals surface area (Å²) in [5.74, 6) is -0.650. The standard InChI is InChI=1S/C11H13BrN4O2/c1-11(2)17-6-9(18-11)10(15-16-13)8-4-3-7(12)5-14-8/h3-5,9-10H,6H2,1-2H3/t9-,10?/m1/s1. The van der Waals surface area contributed by atoms with Crippen LogP contribution < -0.4 is 0 Å². The third-order valence-corrected chi connectivity index (χ3v) is 3.08. The highest BCUT2D eigenvalue weighted by molar-refractivity contribution is 9.10. The molecule has 1 aromatic heterocycles. The number of ether oxygens (including phenoxy) is 2. The largest absolute Gasteiger partial charge is 0.348 e. The number of aromatic nitrogens is 1. The Morgan fingerprint density at radius 2 is 2.39 bits per heavy atom. The lowest BCUT2D eigenvalue weighted by Crippen LogP contribution is -2.25. The lowest BCUT2D eigenvalue weighted by molar-refractivity contribution is -0.140. The Morgan fingerprint density at radius 1 is 1.61 bits per heavy atom. The van der Waals surface area contributed by atoms with Crippen molar-refractivity contribution in [1.29, 1.82) is 0 Å². The summed E-state index contributed by atoms with van der Waals surface area (Å²) in [5, 5.41) is 3.77. The molecule has 0 aliphatic carbocycles. The lowest BCUT2D eigenvalue weighted by atomic mass is 10.1. The van der Waals surface area contributed by atoms with E-state index in [1.165, 1.54) is 0 Å². The molecule has 0 saturated carbocycles. The topological polar surface area (TPSA) is 80.1 Å². The van der Waals surface area contributed by atoms with Gasteiger partial charge in [-0.25, -0.2) is 0 Å². The van der Waals surface area contributed by atoms with Gasteiger partial charge in [0, 0.05) is 15.6 Å². The predicted molar refractivity (Wildman–Crippen MR) is 68.7 cm³/mol. The molecule has 96 valence electrons. The maximum atomic E-state index is 8.67. The summed E-state index contributed by atoms with van der Waals surface area (Å²) in [6.45, 7) is 4.04. The van der Waals surface area contributed by atoms with Crippen molar-refractivity contribution < 1.29 is 9.47 Å². The number of hydrogen-bond acceptors (Lipinski definition) is 4. The number of pyridine rings is 1. The molecule has 0 N–H and O–H groups in total. The molecule has 18 heavy (non-hydrogen) atoms. The Labute approximate surface area is 113 Å². The van der Waals surface area contributed by atoms with Gasteiger partial charge in [0.25, 0.3) is 0 Å². The number of azide groups is 1. The Morgan fingerprint density at radius 3 is 2.89 bits per heavy atom. The first-order valence-corrected chi connectivity index (χ1v) is 6.28. The summed E-state index contributed by atoms with van der Waals surface area (Å²) in [4.78, 5) is 7.11. The zero-order chi connectivity index (χ0) is 13.2. The van der Waals surface area contributed by atoms with Crippen LogP contribution in [-0.4, -0.2) is 23.5 Å². The summed E-state index contributed by atoms with van der Waals surface area (Å²) in [7, 11) is 0. The fourth-order valence-electron chi connectivity index (χ4n) is 1.81. The van der Waals surface area contributed by atoms with E-state index in [4.69, 9.17) is 15.0 Å². The average Bonchev–Trinajstić information content (AvgIpc) is 2.68. The third kappa shape index (κ3) is 3.00. The zero-order valence-corrected chi connectivity index (χ0v) is 11.7. The summed E-state index contributed by atoms with van der Waals surface area (Å²) >= 11 is 3.31. The van der Waals surface area contributed by atoms with E-state index in [0.717, 1.165) is 4.47 Å². The van der Waals surface area contributed by atoms with E-state index in [1.807, 2.05) is 19.9 Å². The molecule has 0 radical (unpaired) electrons. The maximum Gasteiger partial charge on any atom is 0.163 e. The number of hydrogen-bond donors (Lipinski definition) is 0.